The number of hydrogen-bond donors (Lipinski definition) is 1. The molecular formula is C18H23NO4. The van der Waals surface area contributed by atoms with Crippen molar-refractivity contribution in [2.24, 2.45) is 5.41 Å². The lowest BCUT2D eigenvalue weighted by molar-refractivity contribution is -0.154. The number of carboxylic acids is 1. The predicted molar refractivity (Wildman–Crippen MR) is 85.5 cm³/mol. The Balaban J connectivity index is 1.87. The van der Waals surface area contributed by atoms with Crippen molar-refractivity contribution in [2.75, 3.05) is 20.2 Å². The fourth-order valence-corrected chi connectivity index (χ4v) is 3.65. The number of aliphatic carboxylic acids is 1. The predicted octanol–water partition coefficient (Wildman–Crippen LogP) is 2.44. The number of benzene rings is 1. The van der Waals surface area contributed by atoms with Gasteiger partial charge in [0.05, 0.1) is 17.9 Å². The Bertz CT molecular complexity index is 638. The minimum Gasteiger partial charge on any atom is -0.496 e. The van der Waals surface area contributed by atoms with Crippen LogP contribution in [-0.4, -0.2) is 42.1 Å². The van der Waals surface area contributed by atoms with Gasteiger partial charge in [0.2, 0.25) is 5.91 Å². The molecule has 1 aliphatic carbocycles. The van der Waals surface area contributed by atoms with Crippen molar-refractivity contribution in [1.29, 1.82) is 0 Å². The molecule has 1 saturated heterocycles. The number of nitrogens with zero attached hydrogens (tertiary/aromatic N) is 1. The highest BCUT2D eigenvalue weighted by atomic mass is 16.5. The third-order valence-electron chi connectivity index (χ3n) is 5.28. The van der Waals surface area contributed by atoms with Gasteiger partial charge in [-0.05, 0) is 38.7 Å². The normalized spacial score (nSPS) is 25.7. The van der Waals surface area contributed by atoms with Crippen LogP contribution in [0.15, 0.2) is 24.3 Å². The van der Waals surface area contributed by atoms with Crippen molar-refractivity contribution in [3.8, 4) is 5.75 Å². The standard InChI is InChI=1S/C18H23NO4/c1-17(16(21)22)8-5-11-19(12-17)15(20)18(9-10-18)13-6-3-4-7-14(13)23-2/h3-4,6-7H,5,8-12H2,1-2H3,(H,21,22). The molecular weight excluding hydrogens is 294 g/mol. The van der Waals surface area contributed by atoms with Gasteiger partial charge >= 0.3 is 5.97 Å². The van der Waals surface area contributed by atoms with Gasteiger partial charge in [-0.25, -0.2) is 0 Å². The number of hydrogen-bond acceptors (Lipinski definition) is 3. The summed E-state index contributed by atoms with van der Waals surface area (Å²) in [4.78, 5) is 26.4. The molecule has 1 N–H and O–H groups in total. The highest BCUT2D eigenvalue weighted by molar-refractivity contribution is 5.92. The van der Waals surface area contributed by atoms with Gasteiger partial charge in [-0.3, -0.25) is 9.59 Å². The van der Waals surface area contributed by atoms with E-state index in [1.165, 1.54) is 0 Å². The second kappa shape index (κ2) is 5.55. The fraction of sp³-hybridized carbons (Fsp3) is 0.556. The molecule has 0 bridgehead atoms. The molecule has 1 saturated carbocycles. The van der Waals surface area contributed by atoms with E-state index < -0.39 is 16.8 Å². The average molecular weight is 317 g/mol. The van der Waals surface area contributed by atoms with Crippen LogP contribution in [0.2, 0.25) is 0 Å². The van der Waals surface area contributed by atoms with Crippen LogP contribution >= 0.6 is 0 Å². The zero-order valence-corrected chi connectivity index (χ0v) is 13.7. The molecule has 23 heavy (non-hydrogen) atoms. The number of carboxylic acid groups (broad SMARTS) is 1. The summed E-state index contributed by atoms with van der Waals surface area (Å²) < 4.78 is 5.42. The van der Waals surface area contributed by atoms with Crippen molar-refractivity contribution in [1.82, 2.24) is 4.90 Å². The van der Waals surface area contributed by atoms with Gasteiger partial charge in [0.15, 0.2) is 0 Å². The summed E-state index contributed by atoms with van der Waals surface area (Å²) in [6.07, 6.45) is 2.95. The lowest BCUT2D eigenvalue weighted by Gasteiger charge is -2.39. The van der Waals surface area contributed by atoms with Crippen molar-refractivity contribution in [3.05, 3.63) is 29.8 Å². The molecule has 2 fully saturated rings. The number of likely N-dealkylation sites (tertiary alicyclic amines) is 1. The number of amides is 1. The van der Waals surface area contributed by atoms with Crippen molar-refractivity contribution < 1.29 is 19.4 Å². The van der Waals surface area contributed by atoms with Crippen molar-refractivity contribution >= 4 is 11.9 Å². The molecule has 1 aromatic carbocycles. The zero-order valence-electron chi connectivity index (χ0n) is 13.7. The second-order valence-corrected chi connectivity index (χ2v) is 6.98. The molecule has 1 atom stereocenters. The van der Waals surface area contributed by atoms with E-state index >= 15 is 0 Å². The van der Waals surface area contributed by atoms with E-state index in [9.17, 15) is 14.7 Å². The van der Waals surface area contributed by atoms with Crippen molar-refractivity contribution in [2.45, 2.75) is 38.0 Å². The summed E-state index contributed by atoms with van der Waals surface area (Å²) in [5.74, 6) is -0.0392. The fourth-order valence-electron chi connectivity index (χ4n) is 3.65. The second-order valence-electron chi connectivity index (χ2n) is 6.98. The molecule has 5 heteroatoms. The Kier molecular flexibility index (Phi) is 3.82. The van der Waals surface area contributed by atoms with Crippen LogP contribution in [0.5, 0.6) is 5.75 Å². The molecule has 1 aromatic rings. The monoisotopic (exact) mass is 317 g/mol. The van der Waals surface area contributed by atoms with Gasteiger partial charge in [0.25, 0.3) is 0 Å². The van der Waals surface area contributed by atoms with E-state index in [1.807, 2.05) is 24.3 Å². The Morgan fingerprint density at radius 3 is 2.52 bits per heavy atom. The first-order valence-corrected chi connectivity index (χ1v) is 8.09. The van der Waals surface area contributed by atoms with Crippen LogP contribution in [0.3, 0.4) is 0 Å². The summed E-state index contributed by atoms with van der Waals surface area (Å²) >= 11 is 0. The third-order valence-corrected chi connectivity index (χ3v) is 5.28. The zero-order chi connectivity index (χ0) is 16.7. The lowest BCUT2D eigenvalue weighted by Crippen LogP contribution is -2.51. The molecule has 1 heterocycles. The smallest absolute Gasteiger partial charge is 0.311 e. The highest BCUT2D eigenvalue weighted by Gasteiger charge is 2.55. The van der Waals surface area contributed by atoms with Gasteiger partial charge in [0.1, 0.15) is 5.75 Å². The van der Waals surface area contributed by atoms with E-state index in [0.717, 1.165) is 30.6 Å². The molecule has 0 aromatic heterocycles. The summed E-state index contributed by atoms with van der Waals surface area (Å²) in [5, 5.41) is 9.46. The Morgan fingerprint density at radius 2 is 1.91 bits per heavy atom. The largest absolute Gasteiger partial charge is 0.496 e. The van der Waals surface area contributed by atoms with Gasteiger partial charge in [-0.2, -0.15) is 0 Å². The number of piperidine rings is 1. The number of ether oxygens (including phenoxy) is 1. The first-order valence-electron chi connectivity index (χ1n) is 8.09. The average Bonchev–Trinajstić information content (AvgIpc) is 3.35. The summed E-state index contributed by atoms with van der Waals surface area (Å²) in [5.41, 5.74) is -0.441. The number of carbonyl (C=O) groups excluding carboxylic acids is 1. The van der Waals surface area contributed by atoms with E-state index in [2.05, 4.69) is 0 Å². The molecule has 2 aliphatic rings. The third kappa shape index (κ3) is 2.58. The number of para-hydroxylation sites is 1. The maximum Gasteiger partial charge on any atom is 0.311 e. The van der Waals surface area contributed by atoms with Crippen molar-refractivity contribution in [3.63, 3.8) is 0 Å². The maximum absolute atomic E-state index is 13.1. The molecule has 0 radical (unpaired) electrons. The highest BCUT2D eigenvalue weighted by Crippen LogP contribution is 2.53. The van der Waals surface area contributed by atoms with Gasteiger partial charge in [0, 0.05) is 18.7 Å². The molecule has 1 unspecified atom stereocenters. The van der Waals surface area contributed by atoms with Gasteiger partial charge in [-0.1, -0.05) is 18.2 Å². The summed E-state index contributed by atoms with van der Waals surface area (Å²) in [6, 6.07) is 7.64. The van der Waals surface area contributed by atoms with E-state index in [4.69, 9.17) is 4.74 Å². The molecule has 3 rings (SSSR count). The first kappa shape index (κ1) is 15.8. The summed E-state index contributed by atoms with van der Waals surface area (Å²) in [7, 11) is 1.61. The van der Waals surface area contributed by atoms with Crippen LogP contribution in [-0.2, 0) is 15.0 Å². The minimum absolute atomic E-state index is 0.0502. The first-order chi connectivity index (χ1) is 10.9. The molecule has 0 spiro atoms. The van der Waals surface area contributed by atoms with Gasteiger partial charge in [-0.15, -0.1) is 0 Å². The number of carbonyl (C=O) groups is 2. The molecule has 1 aliphatic heterocycles. The number of rotatable bonds is 4. The van der Waals surface area contributed by atoms with Crippen LogP contribution in [0.1, 0.15) is 38.2 Å². The Labute approximate surface area is 136 Å². The topological polar surface area (TPSA) is 66.8 Å². The SMILES string of the molecule is COc1ccccc1C1(C(=O)N2CCCC(C)(C(=O)O)C2)CC1. The number of methoxy groups -OCH3 is 1. The molecule has 5 nitrogen and oxygen atoms in total. The van der Waals surface area contributed by atoms with E-state index in [1.54, 1.807) is 18.9 Å². The van der Waals surface area contributed by atoms with E-state index in [0.29, 0.717) is 13.0 Å². The maximum atomic E-state index is 13.1. The minimum atomic E-state index is -0.842. The quantitative estimate of drug-likeness (QED) is 0.926. The van der Waals surface area contributed by atoms with Crippen LogP contribution in [0.4, 0.5) is 0 Å². The Morgan fingerprint density at radius 1 is 1.22 bits per heavy atom. The molecule has 1 amide bonds. The van der Waals surface area contributed by atoms with Crippen LogP contribution < -0.4 is 4.74 Å². The van der Waals surface area contributed by atoms with E-state index in [-0.39, 0.29) is 12.5 Å². The summed E-state index contributed by atoms with van der Waals surface area (Å²) in [6.45, 7) is 2.66. The van der Waals surface area contributed by atoms with Gasteiger partial charge < -0.3 is 14.7 Å². The lowest BCUT2D eigenvalue weighted by atomic mass is 9.81. The Hall–Kier alpha value is -2.04. The molecule has 124 valence electrons. The van der Waals surface area contributed by atoms with Crippen LogP contribution in [0.25, 0.3) is 0 Å². The van der Waals surface area contributed by atoms with Crippen LogP contribution in [0, 0.1) is 5.41 Å².